The molecule has 2 aromatic carbocycles. The molecule has 0 fully saturated rings. The lowest BCUT2D eigenvalue weighted by molar-refractivity contribution is -0.384. The molecule has 0 N–H and O–H groups in total. The number of ether oxygens (including phenoxy) is 2. The van der Waals surface area contributed by atoms with Crippen LogP contribution in [-0.2, 0) is 9.53 Å². The first-order chi connectivity index (χ1) is 13.2. The van der Waals surface area contributed by atoms with Gasteiger partial charge in [-0.3, -0.25) is 10.1 Å². The van der Waals surface area contributed by atoms with E-state index in [4.69, 9.17) is 4.74 Å². The lowest BCUT2D eigenvalue weighted by Crippen LogP contribution is -2.06. The van der Waals surface area contributed by atoms with E-state index < -0.39 is 17.5 Å². The first-order valence-corrected chi connectivity index (χ1v) is 8.08. The Morgan fingerprint density at radius 3 is 2.50 bits per heavy atom. The minimum absolute atomic E-state index is 0.0113. The second kappa shape index (κ2) is 7.55. The van der Waals surface area contributed by atoms with Crippen LogP contribution in [0.5, 0.6) is 5.75 Å². The molecule has 7 nitrogen and oxygen atoms in total. The number of esters is 1. The van der Waals surface area contributed by atoms with Crippen LogP contribution in [0.4, 0.5) is 14.5 Å². The molecule has 9 heteroatoms. The number of hydrogen-bond donors (Lipinski definition) is 0. The Hall–Kier alpha value is -3.62. The van der Waals surface area contributed by atoms with Gasteiger partial charge in [-0.15, -0.1) is 0 Å². The van der Waals surface area contributed by atoms with Gasteiger partial charge >= 0.3 is 12.6 Å². The minimum Gasteiger partial charge on any atom is -0.434 e. The highest BCUT2D eigenvalue weighted by Gasteiger charge is 2.25. The van der Waals surface area contributed by atoms with Crippen LogP contribution in [0.25, 0.3) is 6.08 Å². The first kappa shape index (κ1) is 19.2. The Labute approximate surface area is 158 Å². The van der Waals surface area contributed by atoms with E-state index in [9.17, 15) is 23.7 Å². The molecule has 28 heavy (non-hydrogen) atoms. The molecule has 0 bridgehead atoms. The monoisotopic (exact) mass is 388 g/mol. The number of non-ortho nitro benzene ring substituents is 1. The number of rotatable bonds is 5. The van der Waals surface area contributed by atoms with E-state index in [1.54, 1.807) is 26.0 Å². The molecule has 0 aromatic heterocycles. The summed E-state index contributed by atoms with van der Waals surface area (Å²) in [5.74, 6) is -0.692. The van der Waals surface area contributed by atoms with Gasteiger partial charge in [-0.1, -0.05) is 6.07 Å². The molecule has 0 saturated heterocycles. The molecule has 1 aliphatic heterocycles. The van der Waals surface area contributed by atoms with Crippen molar-refractivity contribution in [1.29, 1.82) is 0 Å². The van der Waals surface area contributed by atoms with Crippen LogP contribution in [0.15, 0.2) is 47.1 Å². The van der Waals surface area contributed by atoms with Crippen LogP contribution in [0, 0.1) is 24.0 Å². The number of nitrogens with zero attached hydrogens (tertiary/aromatic N) is 2. The summed E-state index contributed by atoms with van der Waals surface area (Å²) in [4.78, 5) is 26.5. The number of nitro groups is 1. The van der Waals surface area contributed by atoms with E-state index in [-0.39, 0.29) is 23.0 Å². The van der Waals surface area contributed by atoms with Gasteiger partial charge in [0, 0.05) is 17.7 Å². The summed E-state index contributed by atoms with van der Waals surface area (Å²) in [5.41, 5.74) is 1.62. The van der Waals surface area contributed by atoms with Gasteiger partial charge in [-0.2, -0.15) is 8.78 Å². The van der Waals surface area contributed by atoms with Gasteiger partial charge in [0.25, 0.3) is 5.69 Å². The molecule has 0 aliphatic carbocycles. The topological polar surface area (TPSA) is 91.0 Å². The van der Waals surface area contributed by atoms with Crippen molar-refractivity contribution in [2.75, 3.05) is 0 Å². The Morgan fingerprint density at radius 2 is 1.89 bits per heavy atom. The molecule has 0 atom stereocenters. The van der Waals surface area contributed by atoms with Crippen molar-refractivity contribution in [3.63, 3.8) is 0 Å². The van der Waals surface area contributed by atoms with Gasteiger partial charge in [-0.25, -0.2) is 9.79 Å². The maximum absolute atomic E-state index is 12.5. The predicted molar refractivity (Wildman–Crippen MR) is 96.3 cm³/mol. The molecule has 0 saturated carbocycles. The Kier molecular flexibility index (Phi) is 5.16. The quantitative estimate of drug-likeness (QED) is 0.332. The van der Waals surface area contributed by atoms with Crippen molar-refractivity contribution in [3.8, 4) is 5.75 Å². The zero-order valence-corrected chi connectivity index (χ0v) is 14.8. The second-order valence-electron chi connectivity index (χ2n) is 6.01. The average molecular weight is 388 g/mol. The van der Waals surface area contributed by atoms with E-state index in [0.717, 1.165) is 0 Å². The van der Waals surface area contributed by atoms with E-state index in [0.29, 0.717) is 22.3 Å². The third kappa shape index (κ3) is 4.03. The van der Waals surface area contributed by atoms with Crippen LogP contribution in [-0.4, -0.2) is 23.4 Å². The van der Waals surface area contributed by atoms with Crippen LogP contribution in [0.1, 0.15) is 22.3 Å². The van der Waals surface area contributed by atoms with E-state index >= 15 is 0 Å². The summed E-state index contributed by atoms with van der Waals surface area (Å²) < 4.78 is 34.6. The van der Waals surface area contributed by atoms with Gasteiger partial charge < -0.3 is 9.47 Å². The molecule has 0 unspecified atom stereocenters. The van der Waals surface area contributed by atoms with Gasteiger partial charge in [0.15, 0.2) is 5.70 Å². The first-order valence-electron chi connectivity index (χ1n) is 8.08. The summed E-state index contributed by atoms with van der Waals surface area (Å²) in [6.07, 6.45) is 1.44. The second-order valence-corrected chi connectivity index (χ2v) is 6.01. The Balaban J connectivity index is 1.94. The number of carbonyl (C=O) groups excluding carboxylic acids is 1. The Bertz CT molecular complexity index is 1010. The minimum atomic E-state index is -2.94. The third-order valence-electron chi connectivity index (χ3n) is 3.92. The van der Waals surface area contributed by atoms with Crippen molar-refractivity contribution in [2.45, 2.75) is 20.5 Å². The maximum Gasteiger partial charge on any atom is 0.387 e. The largest absolute Gasteiger partial charge is 0.434 e. The molecular weight excluding hydrogens is 374 g/mol. The maximum atomic E-state index is 12.5. The van der Waals surface area contributed by atoms with Gasteiger partial charge in [0.2, 0.25) is 5.90 Å². The van der Waals surface area contributed by atoms with E-state index in [1.165, 1.54) is 30.3 Å². The van der Waals surface area contributed by atoms with E-state index in [2.05, 4.69) is 9.73 Å². The third-order valence-corrected chi connectivity index (χ3v) is 3.92. The lowest BCUT2D eigenvalue weighted by Gasteiger charge is -2.12. The molecule has 144 valence electrons. The average Bonchev–Trinajstić information content (AvgIpc) is 2.99. The van der Waals surface area contributed by atoms with Crippen molar-refractivity contribution in [1.82, 2.24) is 0 Å². The number of nitro benzene ring substituents is 1. The Morgan fingerprint density at radius 1 is 1.21 bits per heavy atom. The van der Waals surface area contributed by atoms with Gasteiger partial charge in [-0.05, 0) is 54.8 Å². The highest BCUT2D eigenvalue weighted by molar-refractivity contribution is 6.13. The standard InChI is InChI=1S/C19H14F2N2O5/c1-10-6-12(7-11(2)16(10)27-19(20)21)8-15-18(24)28-17(22-15)13-4-3-5-14(9-13)23(25)26/h3-9,19H,1-2H3/b15-8-. The fourth-order valence-corrected chi connectivity index (χ4v) is 2.79. The van der Waals surface area contributed by atoms with Crippen LogP contribution in [0.3, 0.4) is 0 Å². The molecule has 0 spiro atoms. The summed E-state index contributed by atoms with van der Waals surface area (Å²) >= 11 is 0. The molecule has 0 radical (unpaired) electrons. The normalized spacial score (nSPS) is 15.0. The number of alkyl halides is 2. The van der Waals surface area contributed by atoms with Gasteiger partial charge in [0.05, 0.1) is 4.92 Å². The van der Waals surface area contributed by atoms with Crippen molar-refractivity contribution in [3.05, 3.63) is 74.5 Å². The highest BCUT2D eigenvalue weighted by atomic mass is 19.3. The summed E-state index contributed by atoms with van der Waals surface area (Å²) in [5, 5.41) is 10.9. The summed E-state index contributed by atoms with van der Waals surface area (Å²) in [6.45, 7) is 0.281. The van der Waals surface area contributed by atoms with Crippen LogP contribution >= 0.6 is 0 Å². The van der Waals surface area contributed by atoms with Crippen LogP contribution < -0.4 is 4.74 Å². The smallest absolute Gasteiger partial charge is 0.387 e. The molecular formula is C19H14F2N2O5. The summed E-state index contributed by atoms with van der Waals surface area (Å²) in [6, 6.07) is 8.70. The zero-order chi connectivity index (χ0) is 20.4. The van der Waals surface area contributed by atoms with Crippen LogP contribution in [0.2, 0.25) is 0 Å². The SMILES string of the molecule is Cc1cc(/C=C2\N=C(c3cccc([N+](=O)[O-])c3)OC2=O)cc(C)c1OC(F)F. The lowest BCUT2D eigenvalue weighted by atomic mass is 10.0. The zero-order valence-electron chi connectivity index (χ0n) is 14.8. The molecule has 2 aromatic rings. The molecule has 1 aliphatic rings. The highest BCUT2D eigenvalue weighted by Crippen LogP contribution is 2.28. The van der Waals surface area contributed by atoms with Crippen molar-refractivity contribution in [2.24, 2.45) is 4.99 Å². The molecule has 0 amide bonds. The number of aryl methyl sites for hydroxylation is 2. The van der Waals surface area contributed by atoms with Crippen molar-refractivity contribution < 1.29 is 28.0 Å². The number of benzene rings is 2. The number of carbonyl (C=O) groups is 1. The number of hydrogen-bond acceptors (Lipinski definition) is 6. The fourth-order valence-electron chi connectivity index (χ4n) is 2.79. The summed E-state index contributed by atoms with van der Waals surface area (Å²) in [7, 11) is 0. The predicted octanol–water partition coefficient (Wildman–Crippen LogP) is 4.16. The molecule has 3 rings (SSSR count). The number of halogens is 2. The van der Waals surface area contributed by atoms with Gasteiger partial charge in [0.1, 0.15) is 5.75 Å². The van der Waals surface area contributed by atoms with Crippen molar-refractivity contribution >= 4 is 23.6 Å². The molecule has 1 heterocycles. The number of cyclic esters (lactones) is 1. The fraction of sp³-hybridized carbons (Fsp3) is 0.158. The number of aliphatic imine (C=N–C) groups is 1. The van der Waals surface area contributed by atoms with E-state index in [1.807, 2.05) is 0 Å².